The zero-order valence-electron chi connectivity index (χ0n) is 8.44. The van der Waals surface area contributed by atoms with Crippen LogP contribution in [0.2, 0.25) is 0 Å². The van der Waals surface area contributed by atoms with Gasteiger partial charge in [-0.15, -0.1) is 5.92 Å². The van der Waals surface area contributed by atoms with Crippen molar-refractivity contribution in [2.75, 3.05) is 0 Å². The summed E-state index contributed by atoms with van der Waals surface area (Å²) in [5, 5.41) is 0. The fourth-order valence-electron chi connectivity index (χ4n) is 2.10. The number of unbranched alkanes of at least 4 members (excludes halogenated alkanes) is 2. The Balaban J connectivity index is 1.83. The number of rotatable bonds is 2. The Morgan fingerprint density at radius 1 is 1.46 bits per heavy atom. The molecule has 0 bridgehead atoms. The molecule has 1 aliphatic carbocycles. The number of ether oxygens (including phenoxy) is 1. The maximum absolute atomic E-state index is 5.67. The molecule has 1 heterocycles. The number of epoxide rings is 1. The molecule has 0 aromatic carbocycles. The van der Waals surface area contributed by atoms with Crippen molar-refractivity contribution in [1.29, 1.82) is 0 Å². The Morgan fingerprint density at radius 2 is 2.38 bits per heavy atom. The van der Waals surface area contributed by atoms with Gasteiger partial charge in [0.15, 0.2) is 5.60 Å². The third-order valence-corrected chi connectivity index (χ3v) is 3.04. The molecule has 2 atom stereocenters. The Bertz CT molecular complexity index is 235. The smallest absolute Gasteiger partial charge is 0.155 e. The van der Waals surface area contributed by atoms with Crippen molar-refractivity contribution in [3.63, 3.8) is 0 Å². The predicted molar refractivity (Wildman–Crippen MR) is 53.4 cm³/mol. The fourth-order valence-corrected chi connectivity index (χ4v) is 2.10. The molecule has 1 aliphatic heterocycles. The highest BCUT2D eigenvalue weighted by Gasteiger charge is 2.56. The molecule has 72 valence electrons. The Kier molecular flexibility index (Phi) is 2.60. The van der Waals surface area contributed by atoms with E-state index >= 15 is 0 Å². The van der Waals surface area contributed by atoms with Crippen LogP contribution in [0.5, 0.6) is 0 Å². The standard InChI is InChI=1S/C12H18O/c1-2-3-4-6-9-12-10-7-5-8-11(12)13-12/h11H,2-5,7-8,10H2,1H3/t11-,12+/m0/s1. The molecule has 1 heteroatoms. The molecule has 0 amide bonds. The normalized spacial score (nSPS) is 35.9. The second kappa shape index (κ2) is 3.72. The van der Waals surface area contributed by atoms with Gasteiger partial charge in [-0.2, -0.15) is 0 Å². The van der Waals surface area contributed by atoms with Gasteiger partial charge in [-0.05, 0) is 25.7 Å². The molecule has 2 fully saturated rings. The van der Waals surface area contributed by atoms with Crippen molar-refractivity contribution in [1.82, 2.24) is 0 Å². The minimum absolute atomic E-state index is 0.0337. The largest absolute Gasteiger partial charge is 0.352 e. The maximum atomic E-state index is 5.67. The Morgan fingerprint density at radius 3 is 3.15 bits per heavy atom. The van der Waals surface area contributed by atoms with Crippen molar-refractivity contribution in [2.24, 2.45) is 0 Å². The van der Waals surface area contributed by atoms with Gasteiger partial charge in [0.25, 0.3) is 0 Å². The van der Waals surface area contributed by atoms with E-state index in [2.05, 4.69) is 18.8 Å². The first-order valence-corrected chi connectivity index (χ1v) is 5.55. The molecule has 0 unspecified atom stereocenters. The summed E-state index contributed by atoms with van der Waals surface area (Å²) < 4.78 is 5.67. The van der Waals surface area contributed by atoms with Gasteiger partial charge in [-0.3, -0.25) is 0 Å². The SMILES string of the molecule is CCCCC#C[C@@]12CCCC[C@@H]1O2. The first-order valence-electron chi connectivity index (χ1n) is 5.55. The molecule has 1 saturated heterocycles. The second-order valence-corrected chi connectivity index (χ2v) is 4.15. The average Bonchev–Trinajstić information content (AvgIpc) is 2.87. The average molecular weight is 178 g/mol. The van der Waals surface area contributed by atoms with Crippen molar-refractivity contribution in [3.05, 3.63) is 0 Å². The van der Waals surface area contributed by atoms with Gasteiger partial charge in [-0.1, -0.05) is 25.7 Å². The number of hydrogen-bond acceptors (Lipinski definition) is 1. The molecule has 0 aromatic rings. The summed E-state index contributed by atoms with van der Waals surface area (Å²) in [4.78, 5) is 0. The van der Waals surface area contributed by atoms with E-state index in [-0.39, 0.29) is 5.60 Å². The van der Waals surface area contributed by atoms with Gasteiger partial charge < -0.3 is 4.74 Å². The van der Waals surface area contributed by atoms with Gasteiger partial charge in [0.2, 0.25) is 0 Å². The summed E-state index contributed by atoms with van der Waals surface area (Å²) in [6, 6.07) is 0. The minimum Gasteiger partial charge on any atom is -0.352 e. The van der Waals surface area contributed by atoms with Crippen molar-refractivity contribution < 1.29 is 4.74 Å². The summed E-state index contributed by atoms with van der Waals surface area (Å²) in [6.07, 6.45) is 9.07. The summed E-state index contributed by atoms with van der Waals surface area (Å²) in [6.45, 7) is 2.21. The van der Waals surface area contributed by atoms with Crippen LogP contribution < -0.4 is 0 Å². The first kappa shape index (κ1) is 9.09. The lowest BCUT2D eigenvalue weighted by Crippen LogP contribution is -2.16. The second-order valence-electron chi connectivity index (χ2n) is 4.15. The number of fused-ring (bicyclic) bond motifs is 1. The highest BCUT2D eigenvalue weighted by atomic mass is 16.6. The first-order chi connectivity index (χ1) is 6.37. The van der Waals surface area contributed by atoms with Crippen LogP contribution in [0, 0.1) is 11.8 Å². The highest BCUT2D eigenvalue weighted by molar-refractivity contribution is 5.26. The Labute approximate surface area is 80.9 Å². The molecule has 2 rings (SSSR count). The van der Waals surface area contributed by atoms with Crippen LogP contribution in [-0.4, -0.2) is 11.7 Å². The van der Waals surface area contributed by atoms with E-state index in [0.717, 1.165) is 6.42 Å². The van der Waals surface area contributed by atoms with E-state index in [1.807, 2.05) is 0 Å². The fraction of sp³-hybridized carbons (Fsp3) is 0.833. The van der Waals surface area contributed by atoms with Gasteiger partial charge in [0.1, 0.15) is 0 Å². The van der Waals surface area contributed by atoms with Crippen LogP contribution in [-0.2, 0) is 4.74 Å². The molecule has 0 spiro atoms. The molecular weight excluding hydrogens is 160 g/mol. The van der Waals surface area contributed by atoms with E-state index in [0.29, 0.717) is 6.10 Å². The monoisotopic (exact) mass is 178 g/mol. The van der Waals surface area contributed by atoms with Crippen LogP contribution >= 0.6 is 0 Å². The molecule has 0 N–H and O–H groups in total. The molecule has 0 aromatic heterocycles. The quantitative estimate of drug-likeness (QED) is 0.360. The Hall–Kier alpha value is -0.480. The third-order valence-electron chi connectivity index (χ3n) is 3.04. The zero-order chi connectivity index (χ0) is 9.15. The summed E-state index contributed by atoms with van der Waals surface area (Å²) >= 11 is 0. The molecule has 1 nitrogen and oxygen atoms in total. The van der Waals surface area contributed by atoms with E-state index in [1.165, 1.54) is 38.5 Å². The van der Waals surface area contributed by atoms with E-state index in [4.69, 9.17) is 4.74 Å². The predicted octanol–water partition coefficient (Wildman–Crippen LogP) is 2.89. The summed E-state index contributed by atoms with van der Waals surface area (Å²) in [7, 11) is 0. The van der Waals surface area contributed by atoms with Crippen LogP contribution in [0.1, 0.15) is 51.9 Å². The summed E-state index contributed by atoms with van der Waals surface area (Å²) in [5.41, 5.74) is 0.0337. The van der Waals surface area contributed by atoms with Crippen molar-refractivity contribution in [2.45, 2.75) is 63.6 Å². The van der Waals surface area contributed by atoms with Gasteiger partial charge >= 0.3 is 0 Å². The highest BCUT2D eigenvalue weighted by Crippen LogP contribution is 2.47. The van der Waals surface area contributed by atoms with Gasteiger partial charge in [0, 0.05) is 6.42 Å². The van der Waals surface area contributed by atoms with E-state index < -0.39 is 0 Å². The third kappa shape index (κ3) is 1.89. The lowest BCUT2D eigenvalue weighted by molar-refractivity contribution is 0.336. The van der Waals surface area contributed by atoms with Crippen LogP contribution in [0.25, 0.3) is 0 Å². The lowest BCUT2D eigenvalue weighted by Gasteiger charge is -2.10. The van der Waals surface area contributed by atoms with Crippen LogP contribution in [0.4, 0.5) is 0 Å². The molecule has 2 aliphatic rings. The lowest BCUT2D eigenvalue weighted by atomic mass is 9.89. The minimum atomic E-state index is 0.0337. The molecule has 13 heavy (non-hydrogen) atoms. The molecule has 0 radical (unpaired) electrons. The molecular formula is C12H18O. The summed E-state index contributed by atoms with van der Waals surface area (Å²) in [5.74, 6) is 6.60. The topological polar surface area (TPSA) is 12.5 Å². The van der Waals surface area contributed by atoms with E-state index in [9.17, 15) is 0 Å². The van der Waals surface area contributed by atoms with Gasteiger partial charge in [-0.25, -0.2) is 0 Å². The van der Waals surface area contributed by atoms with Crippen LogP contribution in [0.15, 0.2) is 0 Å². The maximum Gasteiger partial charge on any atom is 0.155 e. The number of hydrogen-bond donors (Lipinski definition) is 0. The van der Waals surface area contributed by atoms with Crippen molar-refractivity contribution in [3.8, 4) is 11.8 Å². The van der Waals surface area contributed by atoms with Gasteiger partial charge in [0.05, 0.1) is 6.10 Å². The van der Waals surface area contributed by atoms with Crippen LogP contribution in [0.3, 0.4) is 0 Å². The zero-order valence-corrected chi connectivity index (χ0v) is 8.44. The van der Waals surface area contributed by atoms with E-state index in [1.54, 1.807) is 0 Å². The van der Waals surface area contributed by atoms with Crippen molar-refractivity contribution >= 4 is 0 Å². The molecule has 1 saturated carbocycles.